The van der Waals surface area contributed by atoms with Crippen molar-refractivity contribution in [2.75, 3.05) is 12.4 Å². The van der Waals surface area contributed by atoms with Gasteiger partial charge in [0.1, 0.15) is 5.82 Å². The van der Waals surface area contributed by atoms with E-state index in [0.29, 0.717) is 0 Å². The van der Waals surface area contributed by atoms with Crippen LogP contribution in [0.15, 0.2) is 15.9 Å². The average Bonchev–Trinajstić information content (AvgIpc) is 2.68. The summed E-state index contributed by atoms with van der Waals surface area (Å²) in [5.41, 5.74) is 2.16. The van der Waals surface area contributed by atoms with E-state index in [4.69, 9.17) is 0 Å². The molecule has 0 radical (unpaired) electrons. The quantitative estimate of drug-likeness (QED) is 0.920. The molecule has 0 spiro atoms. The fraction of sp³-hybridized carbons (Fsp3) is 0.273. The number of hydrogen-bond donors (Lipinski definition) is 1. The maximum atomic E-state index is 4.50. The first-order valence-corrected chi connectivity index (χ1v) is 6.57. The number of rotatable bonds is 2. The summed E-state index contributed by atoms with van der Waals surface area (Å²) in [5.74, 6) is 1.62. The molecule has 0 atom stereocenters. The van der Waals surface area contributed by atoms with Crippen molar-refractivity contribution in [2.45, 2.75) is 13.8 Å². The number of nitrogens with zero attached hydrogens (tertiary/aromatic N) is 2. The van der Waals surface area contributed by atoms with Gasteiger partial charge in [0.2, 0.25) is 0 Å². The summed E-state index contributed by atoms with van der Waals surface area (Å²) in [7, 11) is 1.86. The zero-order valence-corrected chi connectivity index (χ0v) is 11.7. The van der Waals surface area contributed by atoms with E-state index in [2.05, 4.69) is 49.6 Å². The smallest absolute Gasteiger partial charge is 0.172 e. The van der Waals surface area contributed by atoms with Gasteiger partial charge in [-0.05, 0) is 46.8 Å². The number of halogens is 1. The molecule has 2 aromatic rings. The molecule has 0 saturated heterocycles. The predicted molar refractivity (Wildman–Crippen MR) is 72.1 cm³/mol. The highest BCUT2D eigenvalue weighted by Gasteiger charge is 2.12. The van der Waals surface area contributed by atoms with Crippen LogP contribution in [-0.2, 0) is 0 Å². The van der Waals surface area contributed by atoms with Gasteiger partial charge in [-0.15, -0.1) is 11.3 Å². The molecular weight excluding hydrogens is 286 g/mol. The average molecular weight is 298 g/mol. The van der Waals surface area contributed by atoms with Crippen molar-refractivity contribution in [3.63, 3.8) is 0 Å². The third-order valence-electron chi connectivity index (χ3n) is 2.32. The Bertz CT molecular complexity index is 522. The second kappa shape index (κ2) is 4.51. The summed E-state index contributed by atoms with van der Waals surface area (Å²) in [4.78, 5) is 10.1. The van der Waals surface area contributed by atoms with E-state index in [1.54, 1.807) is 11.3 Å². The summed E-state index contributed by atoms with van der Waals surface area (Å²) in [5, 5.41) is 5.12. The van der Waals surface area contributed by atoms with Crippen molar-refractivity contribution in [2.24, 2.45) is 0 Å². The molecule has 0 aromatic carbocycles. The van der Waals surface area contributed by atoms with Gasteiger partial charge in [-0.1, -0.05) is 0 Å². The summed E-state index contributed by atoms with van der Waals surface area (Å²) in [6.45, 7) is 4.05. The van der Waals surface area contributed by atoms with Crippen molar-refractivity contribution in [1.82, 2.24) is 9.97 Å². The Balaban J connectivity index is 2.59. The molecule has 0 aliphatic carbocycles. The minimum atomic E-state index is 0.789. The first-order chi connectivity index (χ1) is 7.63. The van der Waals surface area contributed by atoms with E-state index in [-0.39, 0.29) is 0 Å². The van der Waals surface area contributed by atoms with E-state index >= 15 is 0 Å². The normalized spacial score (nSPS) is 10.5. The standard InChI is InChI=1S/C11H12BrN3S/c1-6-4-5-16-9(6)11-14-7(2)8(12)10(13-3)15-11/h4-5H,1-3H3,(H,13,14,15). The van der Waals surface area contributed by atoms with Gasteiger partial charge in [0, 0.05) is 7.05 Å². The number of aromatic nitrogens is 2. The minimum absolute atomic E-state index is 0.789. The fourth-order valence-corrected chi connectivity index (χ4v) is 2.66. The molecule has 16 heavy (non-hydrogen) atoms. The van der Waals surface area contributed by atoms with E-state index < -0.39 is 0 Å². The van der Waals surface area contributed by atoms with Crippen LogP contribution in [0.4, 0.5) is 5.82 Å². The van der Waals surface area contributed by atoms with Gasteiger partial charge in [-0.2, -0.15) is 0 Å². The lowest BCUT2D eigenvalue weighted by molar-refractivity contribution is 1.09. The van der Waals surface area contributed by atoms with Crippen LogP contribution in [0.1, 0.15) is 11.3 Å². The van der Waals surface area contributed by atoms with Crippen LogP contribution in [-0.4, -0.2) is 17.0 Å². The Morgan fingerprint density at radius 1 is 1.31 bits per heavy atom. The van der Waals surface area contributed by atoms with Crippen molar-refractivity contribution in [3.05, 3.63) is 27.2 Å². The first-order valence-electron chi connectivity index (χ1n) is 4.90. The number of hydrogen-bond acceptors (Lipinski definition) is 4. The second-order valence-corrected chi connectivity index (χ2v) is 5.19. The van der Waals surface area contributed by atoms with Crippen molar-refractivity contribution < 1.29 is 0 Å². The van der Waals surface area contributed by atoms with Crippen molar-refractivity contribution >= 4 is 33.1 Å². The molecule has 0 bridgehead atoms. The summed E-state index contributed by atoms with van der Waals surface area (Å²) in [6.07, 6.45) is 0. The zero-order chi connectivity index (χ0) is 11.7. The molecule has 3 nitrogen and oxygen atoms in total. The molecule has 2 aromatic heterocycles. The molecule has 0 saturated carbocycles. The van der Waals surface area contributed by atoms with E-state index in [1.807, 2.05) is 14.0 Å². The third-order valence-corrected chi connectivity index (χ3v) is 4.28. The van der Waals surface area contributed by atoms with E-state index in [1.165, 1.54) is 5.56 Å². The van der Waals surface area contributed by atoms with Gasteiger partial charge in [0.05, 0.1) is 15.0 Å². The Morgan fingerprint density at radius 3 is 2.62 bits per heavy atom. The molecule has 0 aliphatic heterocycles. The highest BCUT2D eigenvalue weighted by Crippen LogP contribution is 2.30. The number of nitrogens with one attached hydrogen (secondary N) is 1. The van der Waals surface area contributed by atoms with Crippen LogP contribution in [0.2, 0.25) is 0 Å². The van der Waals surface area contributed by atoms with Crippen molar-refractivity contribution in [1.29, 1.82) is 0 Å². The Kier molecular flexibility index (Phi) is 3.25. The second-order valence-electron chi connectivity index (χ2n) is 3.48. The molecule has 1 N–H and O–H groups in total. The summed E-state index contributed by atoms with van der Waals surface area (Å²) in [6, 6.07) is 2.08. The van der Waals surface area contributed by atoms with Crippen LogP contribution in [0, 0.1) is 13.8 Å². The highest BCUT2D eigenvalue weighted by molar-refractivity contribution is 9.10. The van der Waals surface area contributed by atoms with E-state index in [0.717, 1.165) is 26.7 Å². The Hall–Kier alpha value is -0.940. The number of thiophene rings is 1. The molecule has 84 valence electrons. The predicted octanol–water partition coefficient (Wildman–Crippen LogP) is 3.63. The monoisotopic (exact) mass is 297 g/mol. The molecular formula is C11H12BrN3S. The lowest BCUT2D eigenvalue weighted by Crippen LogP contribution is -2.00. The van der Waals surface area contributed by atoms with Gasteiger partial charge in [0.15, 0.2) is 5.82 Å². The van der Waals surface area contributed by atoms with Gasteiger partial charge in [0.25, 0.3) is 0 Å². The number of aryl methyl sites for hydroxylation is 2. The third kappa shape index (κ3) is 1.97. The Labute approximate surface area is 107 Å². The zero-order valence-electron chi connectivity index (χ0n) is 9.34. The minimum Gasteiger partial charge on any atom is -0.372 e. The SMILES string of the molecule is CNc1nc(-c2sccc2C)nc(C)c1Br. The van der Waals surface area contributed by atoms with Gasteiger partial charge >= 0.3 is 0 Å². The van der Waals surface area contributed by atoms with E-state index in [9.17, 15) is 0 Å². The van der Waals surface area contributed by atoms with Gasteiger partial charge < -0.3 is 5.32 Å². The van der Waals surface area contributed by atoms with Crippen LogP contribution < -0.4 is 5.32 Å². The molecule has 0 aliphatic rings. The molecule has 2 rings (SSSR count). The fourth-order valence-electron chi connectivity index (χ4n) is 1.43. The van der Waals surface area contributed by atoms with Crippen LogP contribution in [0.25, 0.3) is 10.7 Å². The van der Waals surface area contributed by atoms with Gasteiger partial charge in [-0.3, -0.25) is 0 Å². The molecule has 0 unspecified atom stereocenters. The Morgan fingerprint density at radius 2 is 2.06 bits per heavy atom. The molecule has 2 heterocycles. The lowest BCUT2D eigenvalue weighted by atomic mass is 10.3. The van der Waals surface area contributed by atoms with Gasteiger partial charge in [-0.25, -0.2) is 9.97 Å². The van der Waals surface area contributed by atoms with Crippen LogP contribution >= 0.6 is 27.3 Å². The number of anilines is 1. The van der Waals surface area contributed by atoms with Crippen LogP contribution in [0.3, 0.4) is 0 Å². The first kappa shape index (κ1) is 11.5. The maximum Gasteiger partial charge on any atom is 0.172 e. The summed E-state index contributed by atoms with van der Waals surface area (Å²) < 4.78 is 0.924. The molecule has 0 fully saturated rings. The lowest BCUT2D eigenvalue weighted by Gasteiger charge is -2.07. The summed E-state index contributed by atoms with van der Waals surface area (Å²) >= 11 is 5.14. The topological polar surface area (TPSA) is 37.8 Å². The van der Waals surface area contributed by atoms with Crippen LogP contribution in [0.5, 0.6) is 0 Å². The van der Waals surface area contributed by atoms with Crippen molar-refractivity contribution in [3.8, 4) is 10.7 Å². The molecule has 0 amide bonds. The highest BCUT2D eigenvalue weighted by atomic mass is 79.9. The maximum absolute atomic E-state index is 4.50. The molecule has 5 heteroatoms. The largest absolute Gasteiger partial charge is 0.372 e.